The smallest absolute Gasteiger partial charge is 0.119 e. The third-order valence-electron chi connectivity index (χ3n) is 7.27. The van der Waals surface area contributed by atoms with Gasteiger partial charge in [-0.15, -0.1) is 0 Å². The summed E-state index contributed by atoms with van der Waals surface area (Å²) in [6.07, 6.45) is 5.03. The van der Waals surface area contributed by atoms with E-state index in [0.29, 0.717) is 0 Å². The molecule has 0 aliphatic carbocycles. The number of halogens is 1. The summed E-state index contributed by atoms with van der Waals surface area (Å²) in [5.41, 5.74) is 8.54. The minimum atomic E-state index is 0.734. The lowest BCUT2D eigenvalue weighted by Gasteiger charge is -2.09. The Hall–Kier alpha value is -4.08. The summed E-state index contributed by atoms with van der Waals surface area (Å²) in [6, 6.07) is 41.0. The zero-order valence-corrected chi connectivity index (χ0v) is 23.4. The first-order valence-corrected chi connectivity index (χ1v) is 14.2. The predicted molar refractivity (Wildman–Crippen MR) is 169 cm³/mol. The van der Waals surface area contributed by atoms with Crippen LogP contribution in [0.3, 0.4) is 0 Å². The van der Waals surface area contributed by atoms with Gasteiger partial charge in [-0.25, -0.2) is 0 Å². The van der Waals surface area contributed by atoms with Crippen molar-refractivity contribution in [3.8, 4) is 22.6 Å². The van der Waals surface area contributed by atoms with E-state index in [2.05, 4.69) is 118 Å². The molecule has 0 atom stereocenters. The lowest BCUT2D eigenvalue weighted by molar-refractivity contribution is 0.307. The molecular weight excluding hydrogens is 542 g/mol. The van der Waals surface area contributed by atoms with Crippen LogP contribution in [0.2, 0.25) is 0 Å². The van der Waals surface area contributed by atoms with E-state index in [0.717, 1.165) is 41.7 Å². The summed E-state index contributed by atoms with van der Waals surface area (Å²) in [6.45, 7) is 4.53. The first-order chi connectivity index (χ1) is 19.2. The number of aryl methyl sites for hydroxylation is 1. The number of hydrogen-bond donors (Lipinski definition) is 0. The lowest BCUT2D eigenvalue weighted by atomic mass is 10.00. The highest BCUT2D eigenvalue weighted by Crippen LogP contribution is 2.36. The van der Waals surface area contributed by atoms with Crippen LogP contribution < -0.4 is 4.74 Å². The maximum absolute atomic E-state index is 5.88. The summed E-state index contributed by atoms with van der Waals surface area (Å²) in [5, 5.41) is 2.51. The predicted octanol–water partition coefficient (Wildman–Crippen LogP) is 10.3. The van der Waals surface area contributed by atoms with E-state index in [4.69, 9.17) is 4.74 Å². The number of hydrogen-bond acceptors (Lipinski definition) is 1. The second kappa shape index (κ2) is 11.3. The third-order valence-corrected chi connectivity index (χ3v) is 7.77. The van der Waals surface area contributed by atoms with Gasteiger partial charge in [-0.05, 0) is 96.1 Å². The molecule has 0 N–H and O–H groups in total. The molecule has 0 unspecified atom stereocenters. The molecule has 39 heavy (non-hydrogen) atoms. The molecule has 0 saturated carbocycles. The van der Waals surface area contributed by atoms with Gasteiger partial charge in [-0.3, -0.25) is 0 Å². The number of para-hydroxylation sites is 1. The molecule has 192 valence electrons. The van der Waals surface area contributed by atoms with Gasteiger partial charge in [0.25, 0.3) is 0 Å². The van der Waals surface area contributed by atoms with E-state index in [9.17, 15) is 0 Å². The summed E-state index contributed by atoms with van der Waals surface area (Å²) < 4.78 is 9.33. The Balaban J connectivity index is 1.17. The minimum Gasteiger partial charge on any atom is -0.494 e. The molecule has 0 fully saturated rings. The number of rotatable bonds is 9. The van der Waals surface area contributed by atoms with Crippen molar-refractivity contribution >= 4 is 43.8 Å². The monoisotopic (exact) mass is 571 g/mol. The molecule has 0 radical (unpaired) electrons. The number of ether oxygens (including phenoxy) is 1. The largest absolute Gasteiger partial charge is 0.494 e. The van der Waals surface area contributed by atoms with Crippen molar-refractivity contribution in [2.45, 2.75) is 19.3 Å². The number of aromatic nitrogens is 1. The van der Waals surface area contributed by atoms with Crippen LogP contribution in [0.4, 0.5) is 0 Å². The van der Waals surface area contributed by atoms with E-state index in [-0.39, 0.29) is 0 Å². The van der Waals surface area contributed by atoms with Gasteiger partial charge in [0.1, 0.15) is 5.75 Å². The van der Waals surface area contributed by atoms with Gasteiger partial charge in [0.05, 0.1) is 17.6 Å². The fraction of sp³-hybridized carbons (Fsp3) is 0.111. The third kappa shape index (κ3) is 5.41. The molecule has 0 aliphatic rings. The number of fused-ring (bicyclic) bond motifs is 3. The molecule has 0 amide bonds. The van der Waals surface area contributed by atoms with E-state index >= 15 is 0 Å². The Morgan fingerprint density at radius 1 is 0.692 bits per heavy atom. The van der Waals surface area contributed by atoms with E-state index in [1.807, 2.05) is 30.3 Å². The van der Waals surface area contributed by atoms with Crippen LogP contribution in [0.1, 0.15) is 24.0 Å². The molecule has 0 bridgehead atoms. The first-order valence-electron chi connectivity index (χ1n) is 13.4. The molecule has 0 spiro atoms. The average Bonchev–Trinajstić information content (AvgIpc) is 3.31. The van der Waals surface area contributed by atoms with Crippen LogP contribution in [-0.4, -0.2) is 11.2 Å². The summed E-state index contributed by atoms with van der Waals surface area (Å²) >= 11 is 3.68. The van der Waals surface area contributed by atoms with Gasteiger partial charge < -0.3 is 9.30 Å². The molecule has 1 aromatic heterocycles. The van der Waals surface area contributed by atoms with Crippen LogP contribution in [-0.2, 0) is 6.42 Å². The summed E-state index contributed by atoms with van der Waals surface area (Å²) in [4.78, 5) is 0. The van der Waals surface area contributed by atoms with Crippen LogP contribution >= 0.6 is 15.9 Å². The average molecular weight is 573 g/mol. The maximum Gasteiger partial charge on any atom is 0.119 e. The quantitative estimate of drug-likeness (QED) is 0.157. The maximum atomic E-state index is 5.88. The number of unbranched alkanes of at least 4 members (excludes halogenated alkanes) is 1. The standard InChI is InChI=1S/C36H30BrNO/c1-2-26-13-19-32(20-14-26)39-23-7-6-8-27-11-15-28(16-12-27)29-17-21-35-33(24-29)34-25-30(37)18-22-36(34)38(35)31-9-4-3-5-10-31/h2-5,9-22,24-25H,1,6-8,23H2. The van der Waals surface area contributed by atoms with E-state index < -0.39 is 0 Å². The second-order valence-corrected chi connectivity index (χ2v) is 10.8. The molecule has 2 nitrogen and oxygen atoms in total. The Kier molecular flexibility index (Phi) is 7.33. The van der Waals surface area contributed by atoms with Crippen LogP contribution in [0, 0.1) is 0 Å². The molecule has 0 saturated heterocycles. The van der Waals surface area contributed by atoms with Gasteiger partial charge >= 0.3 is 0 Å². The highest BCUT2D eigenvalue weighted by Gasteiger charge is 2.13. The molecule has 6 rings (SSSR count). The molecule has 0 aliphatic heterocycles. The van der Waals surface area contributed by atoms with Gasteiger partial charge in [0, 0.05) is 20.9 Å². The Morgan fingerprint density at radius 2 is 1.38 bits per heavy atom. The van der Waals surface area contributed by atoms with Crippen molar-refractivity contribution in [1.29, 1.82) is 0 Å². The fourth-order valence-corrected chi connectivity index (χ4v) is 5.58. The van der Waals surface area contributed by atoms with Crippen molar-refractivity contribution in [1.82, 2.24) is 4.57 Å². The van der Waals surface area contributed by atoms with Crippen molar-refractivity contribution in [2.24, 2.45) is 0 Å². The Bertz CT molecular complexity index is 1730. The van der Waals surface area contributed by atoms with Crippen molar-refractivity contribution in [2.75, 3.05) is 6.61 Å². The SMILES string of the molecule is C=Cc1ccc(OCCCCc2ccc(-c3ccc4c(c3)c3cc(Br)ccc3n4-c3ccccc3)cc2)cc1. The first kappa shape index (κ1) is 25.2. The topological polar surface area (TPSA) is 14.2 Å². The molecule has 1 heterocycles. The van der Waals surface area contributed by atoms with Crippen molar-refractivity contribution in [3.05, 3.63) is 137 Å². The highest BCUT2D eigenvalue weighted by molar-refractivity contribution is 9.10. The summed E-state index contributed by atoms with van der Waals surface area (Å²) in [5.74, 6) is 0.918. The van der Waals surface area contributed by atoms with E-state index in [1.54, 1.807) is 0 Å². The van der Waals surface area contributed by atoms with Gasteiger partial charge in [0.2, 0.25) is 0 Å². The van der Waals surface area contributed by atoms with Crippen LogP contribution in [0.25, 0.3) is 44.7 Å². The Labute approximate surface area is 238 Å². The van der Waals surface area contributed by atoms with Gasteiger partial charge in [-0.2, -0.15) is 0 Å². The molecule has 3 heteroatoms. The molecular formula is C36H30BrNO. The summed E-state index contributed by atoms with van der Waals surface area (Å²) in [7, 11) is 0. The lowest BCUT2D eigenvalue weighted by Crippen LogP contribution is -1.98. The van der Waals surface area contributed by atoms with Crippen molar-refractivity contribution in [3.63, 3.8) is 0 Å². The number of nitrogens with zero attached hydrogens (tertiary/aromatic N) is 1. The van der Waals surface area contributed by atoms with Crippen molar-refractivity contribution < 1.29 is 4.74 Å². The van der Waals surface area contributed by atoms with Crippen LogP contribution in [0.15, 0.2) is 126 Å². The Morgan fingerprint density at radius 3 is 2.13 bits per heavy atom. The van der Waals surface area contributed by atoms with E-state index in [1.165, 1.54) is 44.2 Å². The fourth-order valence-electron chi connectivity index (χ4n) is 5.22. The zero-order chi connectivity index (χ0) is 26.6. The minimum absolute atomic E-state index is 0.734. The second-order valence-electron chi connectivity index (χ2n) is 9.84. The normalized spacial score (nSPS) is 11.2. The number of benzene rings is 5. The van der Waals surface area contributed by atoms with Gasteiger partial charge in [0.15, 0.2) is 0 Å². The van der Waals surface area contributed by atoms with Gasteiger partial charge in [-0.1, -0.05) is 89.2 Å². The highest BCUT2D eigenvalue weighted by atomic mass is 79.9. The molecule has 6 aromatic rings. The molecule has 5 aromatic carbocycles. The van der Waals surface area contributed by atoms with Crippen LogP contribution in [0.5, 0.6) is 5.75 Å². The zero-order valence-electron chi connectivity index (χ0n) is 21.8.